The lowest BCUT2D eigenvalue weighted by atomic mass is 9.97. The number of carbonyl (C=O) groups excluding carboxylic acids is 1. The lowest BCUT2D eigenvalue weighted by Crippen LogP contribution is -2.34. The molecule has 1 aromatic rings. The maximum Gasteiger partial charge on any atom is 0.323 e. The minimum atomic E-state index is -0.802. The minimum Gasteiger partial charge on any atom is -0.506 e. The summed E-state index contributed by atoms with van der Waals surface area (Å²) in [5.74, 6) is -0.227. The number of esters is 1. The predicted molar refractivity (Wildman–Crippen MR) is 75.5 cm³/mol. The van der Waals surface area contributed by atoms with Gasteiger partial charge in [0.2, 0.25) is 0 Å². The van der Waals surface area contributed by atoms with Gasteiger partial charge in [0.15, 0.2) is 0 Å². The van der Waals surface area contributed by atoms with Crippen LogP contribution in [0.2, 0.25) is 5.02 Å². The summed E-state index contributed by atoms with van der Waals surface area (Å²) in [5, 5.41) is 10.2. The molecule has 0 bridgehead atoms. The average molecular weight is 286 g/mol. The molecule has 0 aliphatic carbocycles. The van der Waals surface area contributed by atoms with E-state index in [4.69, 9.17) is 22.1 Å². The number of aromatic hydroxyl groups is 1. The molecule has 0 aromatic heterocycles. The molecule has 1 rings (SSSR count). The van der Waals surface area contributed by atoms with Gasteiger partial charge in [-0.3, -0.25) is 4.79 Å². The number of phenolic OH excluding ortho intramolecular Hbond substituents is 1. The molecule has 0 radical (unpaired) electrons. The maximum absolute atomic E-state index is 11.5. The van der Waals surface area contributed by atoms with Crippen LogP contribution in [0.25, 0.3) is 0 Å². The van der Waals surface area contributed by atoms with E-state index in [2.05, 4.69) is 0 Å². The van der Waals surface area contributed by atoms with Crippen molar-refractivity contribution in [2.45, 2.75) is 39.2 Å². The molecule has 4 nitrogen and oxygen atoms in total. The molecule has 5 heteroatoms. The second-order valence-electron chi connectivity index (χ2n) is 4.73. The van der Waals surface area contributed by atoms with Crippen LogP contribution < -0.4 is 5.73 Å². The normalized spacial score (nSPS) is 12.5. The van der Waals surface area contributed by atoms with Gasteiger partial charge in [-0.1, -0.05) is 31.5 Å². The number of phenols is 1. The number of rotatable bonds is 5. The van der Waals surface area contributed by atoms with Gasteiger partial charge in [-0.2, -0.15) is 0 Å². The first-order chi connectivity index (χ1) is 8.86. The molecular weight excluding hydrogens is 266 g/mol. The van der Waals surface area contributed by atoms with Crippen molar-refractivity contribution in [3.63, 3.8) is 0 Å². The Balaban J connectivity index is 2.97. The Morgan fingerprint density at radius 3 is 2.63 bits per heavy atom. The second-order valence-corrected chi connectivity index (χ2v) is 5.14. The number of hydrogen-bond acceptors (Lipinski definition) is 4. The van der Waals surface area contributed by atoms with Crippen LogP contribution in [0.5, 0.6) is 5.75 Å². The molecule has 3 N–H and O–H groups in total. The molecule has 0 aliphatic rings. The molecule has 1 unspecified atom stereocenters. The van der Waals surface area contributed by atoms with Gasteiger partial charge in [-0.05, 0) is 30.0 Å². The zero-order chi connectivity index (χ0) is 14.6. The van der Waals surface area contributed by atoms with Gasteiger partial charge in [0, 0.05) is 6.42 Å². The van der Waals surface area contributed by atoms with E-state index in [1.165, 1.54) is 0 Å². The Bertz CT molecular complexity index is 460. The van der Waals surface area contributed by atoms with Crippen LogP contribution in [0, 0.1) is 0 Å². The van der Waals surface area contributed by atoms with Crippen molar-refractivity contribution in [2.24, 2.45) is 5.73 Å². The number of benzene rings is 1. The van der Waals surface area contributed by atoms with Crippen molar-refractivity contribution in [1.82, 2.24) is 0 Å². The van der Waals surface area contributed by atoms with E-state index < -0.39 is 12.0 Å². The SMILES string of the molecule is CCOC(=O)C(N)Cc1cc(C(C)C)cc(Cl)c1O. The molecule has 1 atom stereocenters. The summed E-state index contributed by atoms with van der Waals surface area (Å²) in [6.45, 7) is 6.05. The van der Waals surface area contributed by atoms with Crippen molar-refractivity contribution in [1.29, 1.82) is 0 Å². The number of hydrogen-bond donors (Lipinski definition) is 2. The predicted octanol–water partition coefficient (Wildman–Crippen LogP) is 2.60. The molecule has 0 saturated carbocycles. The largest absolute Gasteiger partial charge is 0.506 e. The monoisotopic (exact) mass is 285 g/mol. The third-order valence-corrected chi connectivity index (χ3v) is 3.15. The Morgan fingerprint density at radius 1 is 1.47 bits per heavy atom. The van der Waals surface area contributed by atoms with Gasteiger partial charge in [0.05, 0.1) is 11.6 Å². The maximum atomic E-state index is 11.5. The summed E-state index contributed by atoms with van der Waals surface area (Å²) in [6, 6.07) is 2.75. The lowest BCUT2D eigenvalue weighted by Gasteiger charge is -2.15. The van der Waals surface area contributed by atoms with Crippen LogP contribution in [-0.2, 0) is 16.0 Å². The molecule has 106 valence electrons. The van der Waals surface area contributed by atoms with Gasteiger partial charge >= 0.3 is 5.97 Å². The number of nitrogens with two attached hydrogens (primary N) is 1. The van der Waals surface area contributed by atoms with Gasteiger partial charge in [0.25, 0.3) is 0 Å². The highest BCUT2D eigenvalue weighted by Gasteiger charge is 2.19. The van der Waals surface area contributed by atoms with E-state index in [1.807, 2.05) is 19.9 Å². The second kappa shape index (κ2) is 6.78. The number of halogens is 1. The molecule has 0 heterocycles. The Kier molecular flexibility index (Phi) is 5.63. The molecule has 0 amide bonds. The Morgan fingerprint density at radius 2 is 2.11 bits per heavy atom. The third-order valence-electron chi connectivity index (χ3n) is 2.86. The van der Waals surface area contributed by atoms with Crippen molar-refractivity contribution in [3.8, 4) is 5.75 Å². The smallest absolute Gasteiger partial charge is 0.323 e. The molecule has 0 saturated heterocycles. The van der Waals surface area contributed by atoms with E-state index in [0.29, 0.717) is 5.56 Å². The standard InChI is InChI=1S/C14H20ClNO3/c1-4-19-14(18)12(16)7-10-5-9(8(2)3)6-11(15)13(10)17/h5-6,8,12,17H,4,7,16H2,1-3H3. The van der Waals surface area contributed by atoms with Gasteiger partial charge in [0.1, 0.15) is 11.8 Å². The summed E-state index contributed by atoms with van der Waals surface area (Å²) in [4.78, 5) is 11.5. The fraction of sp³-hybridized carbons (Fsp3) is 0.500. The fourth-order valence-corrected chi connectivity index (χ4v) is 1.99. The van der Waals surface area contributed by atoms with Crippen LogP contribution in [0.4, 0.5) is 0 Å². The lowest BCUT2D eigenvalue weighted by molar-refractivity contribution is -0.144. The summed E-state index contributed by atoms with van der Waals surface area (Å²) in [6.07, 6.45) is 0.199. The van der Waals surface area contributed by atoms with Crippen LogP contribution >= 0.6 is 11.6 Å². The fourth-order valence-electron chi connectivity index (χ4n) is 1.74. The summed E-state index contributed by atoms with van der Waals surface area (Å²) in [5.41, 5.74) is 7.31. The zero-order valence-corrected chi connectivity index (χ0v) is 12.2. The summed E-state index contributed by atoms with van der Waals surface area (Å²) >= 11 is 5.98. The van der Waals surface area contributed by atoms with Gasteiger partial charge in [-0.15, -0.1) is 0 Å². The quantitative estimate of drug-likeness (QED) is 0.816. The van der Waals surface area contributed by atoms with E-state index in [1.54, 1.807) is 13.0 Å². The zero-order valence-electron chi connectivity index (χ0n) is 11.4. The van der Waals surface area contributed by atoms with E-state index in [0.717, 1.165) is 5.56 Å². The minimum absolute atomic E-state index is 0.0224. The van der Waals surface area contributed by atoms with Crippen molar-refractivity contribution in [3.05, 3.63) is 28.3 Å². The topological polar surface area (TPSA) is 72.5 Å². The number of carbonyl (C=O) groups is 1. The summed E-state index contributed by atoms with van der Waals surface area (Å²) in [7, 11) is 0. The van der Waals surface area contributed by atoms with Gasteiger partial charge < -0.3 is 15.6 Å². The van der Waals surface area contributed by atoms with E-state index in [9.17, 15) is 9.90 Å². The van der Waals surface area contributed by atoms with Crippen molar-refractivity contribution >= 4 is 17.6 Å². The molecule has 0 fully saturated rings. The molecular formula is C14H20ClNO3. The van der Waals surface area contributed by atoms with Crippen LogP contribution in [0.3, 0.4) is 0 Å². The third kappa shape index (κ3) is 4.11. The van der Waals surface area contributed by atoms with Crippen LogP contribution in [-0.4, -0.2) is 23.7 Å². The average Bonchev–Trinajstić information content (AvgIpc) is 2.34. The van der Waals surface area contributed by atoms with E-state index in [-0.39, 0.29) is 29.7 Å². The molecule has 19 heavy (non-hydrogen) atoms. The van der Waals surface area contributed by atoms with E-state index >= 15 is 0 Å². The highest BCUT2D eigenvalue weighted by atomic mass is 35.5. The van der Waals surface area contributed by atoms with Crippen LogP contribution in [0.1, 0.15) is 37.8 Å². The summed E-state index contributed by atoms with van der Waals surface area (Å²) < 4.78 is 4.85. The van der Waals surface area contributed by atoms with Crippen molar-refractivity contribution in [2.75, 3.05) is 6.61 Å². The molecule has 0 spiro atoms. The molecule has 1 aromatic carbocycles. The highest BCUT2D eigenvalue weighted by Crippen LogP contribution is 2.32. The van der Waals surface area contributed by atoms with Crippen molar-refractivity contribution < 1.29 is 14.6 Å². The molecule has 0 aliphatic heterocycles. The van der Waals surface area contributed by atoms with Crippen LogP contribution in [0.15, 0.2) is 12.1 Å². The first-order valence-corrected chi connectivity index (χ1v) is 6.68. The number of ether oxygens (including phenoxy) is 1. The first kappa shape index (κ1) is 15.8. The first-order valence-electron chi connectivity index (χ1n) is 6.30. The Hall–Kier alpha value is -1.26. The van der Waals surface area contributed by atoms with Gasteiger partial charge in [-0.25, -0.2) is 0 Å². The highest BCUT2D eigenvalue weighted by molar-refractivity contribution is 6.32. The Labute approximate surface area is 118 Å².